The Hall–Kier alpha value is -0.810. The molecule has 0 saturated heterocycles. The third kappa shape index (κ3) is 2.34. The third-order valence-corrected chi connectivity index (χ3v) is 5.75. The molecule has 2 heterocycles. The standard InChI is InChI=1S/C13H17N3S2/c1-2-8-7-10-11(14)15-13(16-12(10)17-8)18-9-5-3-4-6-9/h7,9H,2-6H2,1H3,(H2,14,15,16). The monoisotopic (exact) mass is 279 g/mol. The lowest BCUT2D eigenvalue weighted by molar-refractivity contribution is 0.886. The summed E-state index contributed by atoms with van der Waals surface area (Å²) in [4.78, 5) is 11.5. The van der Waals surface area contributed by atoms with Gasteiger partial charge in [-0.25, -0.2) is 9.97 Å². The maximum atomic E-state index is 6.04. The minimum absolute atomic E-state index is 0.636. The van der Waals surface area contributed by atoms with Crippen LogP contribution in [0, 0.1) is 0 Å². The predicted octanol–water partition coefficient (Wildman–Crippen LogP) is 3.87. The molecule has 96 valence electrons. The summed E-state index contributed by atoms with van der Waals surface area (Å²) in [6.45, 7) is 2.16. The van der Waals surface area contributed by atoms with E-state index >= 15 is 0 Å². The lowest BCUT2D eigenvalue weighted by atomic mass is 10.3. The summed E-state index contributed by atoms with van der Waals surface area (Å²) in [6.07, 6.45) is 6.29. The Labute approximate surface area is 115 Å². The van der Waals surface area contributed by atoms with Crippen LogP contribution in [0.4, 0.5) is 5.82 Å². The van der Waals surface area contributed by atoms with E-state index in [2.05, 4.69) is 23.0 Å². The maximum absolute atomic E-state index is 6.04. The van der Waals surface area contributed by atoms with Crippen LogP contribution < -0.4 is 5.73 Å². The Bertz CT molecular complexity index is 559. The molecule has 3 nitrogen and oxygen atoms in total. The zero-order valence-electron chi connectivity index (χ0n) is 10.5. The van der Waals surface area contributed by atoms with Crippen LogP contribution in [0.5, 0.6) is 0 Å². The van der Waals surface area contributed by atoms with E-state index < -0.39 is 0 Å². The van der Waals surface area contributed by atoms with Crippen LogP contribution in [0.3, 0.4) is 0 Å². The summed E-state index contributed by atoms with van der Waals surface area (Å²) in [6, 6.07) is 2.12. The number of nitrogens with two attached hydrogens (primary N) is 1. The number of thiophene rings is 1. The molecule has 0 aliphatic heterocycles. The van der Waals surface area contributed by atoms with Gasteiger partial charge in [0.2, 0.25) is 0 Å². The van der Waals surface area contributed by atoms with Crippen molar-refractivity contribution in [2.75, 3.05) is 5.73 Å². The van der Waals surface area contributed by atoms with E-state index in [-0.39, 0.29) is 0 Å². The molecular formula is C13H17N3S2. The summed E-state index contributed by atoms with van der Waals surface area (Å²) in [5.74, 6) is 0.636. The van der Waals surface area contributed by atoms with E-state index in [1.54, 1.807) is 23.1 Å². The average molecular weight is 279 g/mol. The predicted molar refractivity (Wildman–Crippen MR) is 79.3 cm³/mol. The van der Waals surface area contributed by atoms with Crippen LogP contribution in [0.15, 0.2) is 11.2 Å². The van der Waals surface area contributed by atoms with E-state index in [1.165, 1.54) is 30.6 Å². The number of rotatable bonds is 3. The van der Waals surface area contributed by atoms with Gasteiger partial charge < -0.3 is 5.73 Å². The molecule has 1 aliphatic rings. The fourth-order valence-electron chi connectivity index (χ4n) is 2.36. The SMILES string of the molecule is CCc1cc2c(N)nc(SC3CCCC3)nc2s1. The smallest absolute Gasteiger partial charge is 0.191 e. The first-order valence-corrected chi connectivity index (χ1v) is 8.18. The van der Waals surface area contributed by atoms with Gasteiger partial charge in [-0.2, -0.15) is 0 Å². The van der Waals surface area contributed by atoms with Crippen molar-refractivity contribution in [2.45, 2.75) is 49.4 Å². The van der Waals surface area contributed by atoms with Crippen LogP contribution in [0.1, 0.15) is 37.5 Å². The molecule has 1 saturated carbocycles. The Morgan fingerprint density at radius 1 is 1.39 bits per heavy atom. The highest BCUT2D eigenvalue weighted by Crippen LogP contribution is 2.35. The second-order valence-electron chi connectivity index (χ2n) is 4.70. The second kappa shape index (κ2) is 5.05. The number of aromatic nitrogens is 2. The first-order chi connectivity index (χ1) is 8.76. The number of nitrogens with zero attached hydrogens (tertiary/aromatic N) is 2. The lowest BCUT2D eigenvalue weighted by Crippen LogP contribution is -1.99. The van der Waals surface area contributed by atoms with Gasteiger partial charge in [-0.15, -0.1) is 11.3 Å². The Morgan fingerprint density at radius 2 is 2.17 bits per heavy atom. The first-order valence-electron chi connectivity index (χ1n) is 6.49. The van der Waals surface area contributed by atoms with Crippen LogP contribution >= 0.6 is 23.1 Å². The molecule has 0 radical (unpaired) electrons. The van der Waals surface area contributed by atoms with Gasteiger partial charge in [0.1, 0.15) is 10.6 Å². The first kappa shape index (κ1) is 12.2. The number of anilines is 1. The number of thioether (sulfide) groups is 1. The number of nitrogen functional groups attached to an aromatic ring is 1. The molecule has 0 bridgehead atoms. The molecule has 0 spiro atoms. The summed E-state index contributed by atoms with van der Waals surface area (Å²) in [7, 11) is 0. The van der Waals surface area contributed by atoms with Crippen LogP contribution in [0.25, 0.3) is 10.2 Å². The number of hydrogen-bond donors (Lipinski definition) is 1. The van der Waals surface area contributed by atoms with Crippen molar-refractivity contribution in [3.63, 3.8) is 0 Å². The minimum atomic E-state index is 0.636. The minimum Gasteiger partial charge on any atom is -0.383 e. The number of aryl methyl sites for hydroxylation is 1. The molecule has 2 N–H and O–H groups in total. The third-order valence-electron chi connectivity index (χ3n) is 3.38. The van der Waals surface area contributed by atoms with Gasteiger partial charge in [0.15, 0.2) is 5.16 Å². The highest BCUT2D eigenvalue weighted by atomic mass is 32.2. The van der Waals surface area contributed by atoms with E-state index in [4.69, 9.17) is 5.73 Å². The molecule has 0 aromatic carbocycles. The van der Waals surface area contributed by atoms with Crippen LogP contribution in [-0.4, -0.2) is 15.2 Å². The normalized spacial score (nSPS) is 16.7. The van der Waals surface area contributed by atoms with Crippen molar-refractivity contribution in [1.82, 2.24) is 9.97 Å². The molecule has 18 heavy (non-hydrogen) atoms. The fraction of sp³-hybridized carbons (Fsp3) is 0.538. The zero-order valence-corrected chi connectivity index (χ0v) is 12.1. The maximum Gasteiger partial charge on any atom is 0.191 e. The highest BCUT2D eigenvalue weighted by Gasteiger charge is 2.18. The molecule has 2 aromatic heterocycles. The summed E-state index contributed by atoms with van der Waals surface area (Å²) < 4.78 is 0. The van der Waals surface area contributed by atoms with Crippen LogP contribution in [-0.2, 0) is 6.42 Å². The molecule has 0 atom stereocenters. The summed E-state index contributed by atoms with van der Waals surface area (Å²) >= 11 is 3.54. The molecule has 2 aromatic rings. The van der Waals surface area contributed by atoms with Gasteiger partial charge >= 0.3 is 0 Å². The van der Waals surface area contributed by atoms with Crippen molar-refractivity contribution in [2.24, 2.45) is 0 Å². The van der Waals surface area contributed by atoms with Crippen molar-refractivity contribution >= 4 is 39.1 Å². The molecule has 1 aliphatic carbocycles. The average Bonchev–Trinajstić information content (AvgIpc) is 2.97. The summed E-state index contributed by atoms with van der Waals surface area (Å²) in [5, 5.41) is 2.57. The van der Waals surface area contributed by atoms with Gasteiger partial charge in [-0.3, -0.25) is 0 Å². The Kier molecular flexibility index (Phi) is 3.43. The molecule has 5 heteroatoms. The van der Waals surface area contributed by atoms with Crippen molar-refractivity contribution in [1.29, 1.82) is 0 Å². The molecule has 0 unspecified atom stereocenters. The van der Waals surface area contributed by atoms with E-state index in [9.17, 15) is 0 Å². The zero-order chi connectivity index (χ0) is 12.5. The van der Waals surface area contributed by atoms with E-state index in [0.29, 0.717) is 11.1 Å². The molecular weight excluding hydrogens is 262 g/mol. The van der Waals surface area contributed by atoms with E-state index in [1.807, 2.05) is 0 Å². The van der Waals surface area contributed by atoms with Crippen molar-refractivity contribution in [3.8, 4) is 0 Å². The Morgan fingerprint density at radius 3 is 2.89 bits per heavy atom. The van der Waals surface area contributed by atoms with Gasteiger partial charge in [0.05, 0.1) is 5.39 Å². The van der Waals surface area contributed by atoms with Gasteiger partial charge in [-0.1, -0.05) is 31.5 Å². The van der Waals surface area contributed by atoms with E-state index in [0.717, 1.165) is 21.8 Å². The number of fused-ring (bicyclic) bond motifs is 1. The van der Waals surface area contributed by atoms with Gasteiger partial charge in [-0.05, 0) is 25.3 Å². The van der Waals surface area contributed by atoms with Gasteiger partial charge in [0, 0.05) is 10.1 Å². The topological polar surface area (TPSA) is 51.8 Å². The largest absolute Gasteiger partial charge is 0.383 e. The Balaban J connectivity index is 1.92. The quantitative estimate of drug-likeness (QED) is 0.867. The highest BCUT2D eigenvalue weighted by molar-refractivity contribution is 7.99. The number of hydrogen-bond acceptors (Lipinski definition) is 5. The van der Waals surface area contributed by atoms with Crippen molar-refractivity contribution < 1.29 is 0 Å². The summed E-state index contributed by atoms with van der Waals surface area (Å²) in [5.41, 5.74) is 6.04. The fourth-order valence-corrected chi connectivity index (χ4v) is 4.55. The second-order valence-corrected chi connectivity index (χ2v) is 7.08. The molecule has 0 amide bonds. The molecule has 3 rings (SSSR count). The van der Waals surface area contributed by atoms with Crippen molar-refractivity contribution in [3.05, 3.63) is 10.9 Å². The van der Waals surface area contributed by atoms with Crippen LogP contribution in [0.2, 0.25) is 0 Å². The van der Waals surface area contributed by atoms with Gasteiger partial charge in [0.25, 0.3) is 0 Å². The lowest BCUT2D eigenvalue weighted by Gasteiger charge is -2.07. The molecule has 1 fully saturated rings.